The van der Waals surface area contributed by atoms with Gasteiger partial charge < -0.3 is 10.1 Å². The van der Waals surface area contributed by atoms with Gasteiger partial charge in [0.2, 0.25) is 10.0 Å². The summed E-state index contributed by atoms with van der Waals surface area (Å²) in [5, 5.41) is 2.90. The second-order valence-corrected chi connectivity index (χ2v) is 7.59. The molecule has 5 nitrogen and oxygen atoms in total. The van der Waals surface area contributed by atoms with Crippen molar-refractivity contribution in [3.05, 3.63) is 0 Å². The van der Waals surface area contributed by atoms with Gasteiger partial charge in [0.05, 0.1) is 24.0 Å². The number of piperidine rings is 1. The van der Waals surface area contributed by atoms with E-state index in [0.29, 0.717) is 26.3 Å². The standard InChI is InChI=1S/C11H22N2O3S/c1-11(2)9-16-7-6-13(11)17(14,15)10-4-3-5-12-8-10/h10,12H,3-9H2,1-2H3. The van der Waals surface area contributed by atoms with Gasteiger partial charge in [-0.25, -0.2) is 8.42 Å². The van der Waals surface area contributed by atoms with Gasteiger partial charge in [-0.15, -0.1) is 0 Å². The lowest BCUT2D eigenvalue weighted by atomic mass is 10.1. The third-order valence-corrected chi connectivity index (χ3v) is 6.09. The van der Waals surface area contributed by atoms with Crippen molar-refractivity contribution in [2.75, 3.05) is 32.8 Å². The fourth-order valence-corrected chi connectivity index (χ4v) is 4.79. The van der Waals surface area contributed by atoms with Crippen molar-refractivity contribution in [1.29, 1.82) is 0 Å². The predicted molar refractivity (Wildman–Crippen MR) is 66.4 cm³/mol. The molecule has 0 aliphatic carbocycles. The highest BCUT2D eigenvalue weighted by molar-refractivity contribution is 7.89. The average molecular weight is 262 g/mol. The maximum atomic E-state index is 12.6. The van der Waals surface area contributed by atoms with Gasteiger partial charge in [-0.2, -0.15) is 4.31 Å². The van der Waals surface area contributed by atoms with Crippen molar-refractivity contribution >= 4 is 10.0 Å². The summed E-state index contributed by atoms with van der Waals surface area (Å²) in [7, 11) is -3.20. The number of hydrogen-bond acceptors (Lipinski definition) is 4. The Hall–Kier alpha value is -0.170. The zero-order valence-corrected chi connectivity index (χ0v) is 11.4. The molecule has 2 saturated heterocycles. The van der Waals surface area contributed by atoms with E-state index >= 15 is 0 Å². The zero-order chi connectivity index (χ0) is 12.5. The maximum absolute atomic E-state index is 12.6. The second-order valence-electron chi connectivity index (χ2n) is 5.45. The third-order valence-electron chi connectivity index (χ3n) is 3.55. The first-order valence-corrected chi connectivity index (χ1v) is 7.75. The van der Waals surface area contributed by atoms with Crippen LogP contribution in [0.5, 0.6) is 0 Å². The lowest BCUT2D eigenvalue weighted by Crippen LogP contribution is -2.59. The van der Waals surface area contributed by atoms with Crippen LogP contribution >= 0.6 is 0 Å². The summed E-state index contributed by atoms with van der Waals surface area (Å²) in [6.45, 7) is 6.83. The van der Waals surface area contributed by atoms with Gasteiger partial charge in [0.1, 0.15) is 0 Å². The van der Waals surface area contributed by atoms with Gasteiger partial charge in [0, 0.05) is 13.1 Å². The lowest BCUT2D eigenvalue weighted by molar-refractivity contribution is -0.00828. The highest BCUT2D eigenvalue weighted by Gasteiger charge is 2.42. The van der Waals surface area contributed by atoms with Crippen LogP contribution in [0.25, 0.3) is 0 Å². The molecule has 0 saturated carbocycles. The molecule has 0 radical (unpaired) electrons. The Labute approximate surface area is 104 Å². The minimum absolute atomic E-state index is 0.270. The van der Waals surface area contributed by atoms with Crippen LogP contribution in [0.4, 0.5) is 0 Å². The fourth-order valence-electron chi connectivity index (χ4n) is 2.57. The van der Waals surface area contributed by atoms with Gasteiger partial charge in [-0.1, -0.05) is 0 Å². The highest BCUT2D eigenvalue weighted by Crippen LogP contribution is 2.27. The lowest BCUT2D eigenvalue weighted by Gasteiger charge is -2.43. The van der Waals surface area contributed by atoms with Crippen LogP contribution in [-0.2, 0) is 14.8 Å². The van der Waals surface area contributed by atoms with E-state index in [1.807, 2.05) is 13.8 Å². The van der Waals surface area contributed by atoms with Crippen molar-refractivity contribution in [3.63, 3.8) is 0 Å². The summed E-state index contributed by atoms with van der Waals surface area (Å²) >= 11 is 0. The third kappa shape index (κ3) is 2.65. The first kappa shape index (κ1) is 13.3. The Balaban J connectivity index is 2.18. The van der Waals surface area contributed by atoms with Gasteiger partial charge in [-0.3, -0.25) is 0 Å². The molecule has 1 N–H and O–H groups in total. The number of nitrogens with zero attached hydrogens (tertiary/aromatic N) is 1. The first-order valence-electron chi connectivity index (χ1n) is 6.25. The molecule has 0 spiro atoms. The quantitative estimate of drug-likeness (QED) is 0.771. The van der Waals surface area contributed by atoms with Crippen LogP contribution in [0.3, 0.4) is 0 Å². The van der Waals surface area contributed by atoms with E-state index in [0.717, 1.165) is 19.4 Å². The van der Waals surface area contributed by atoms with Crippen LogP contribution in [0.1, 0.15) is 26.7 Å². The minimum atomic E-state index is -3.20. The number of morpholine rings is 1. The summed E-state index contributed by atoms with van der Waals surface area (Å²) in [4.78, 5) is 0. The van der Waals surface area contributed by atoms with Crippen LogP contribution in [0.15, 0.2) is 0 Å². The molecule has 17 heavy (non-hydrogen) atoms. The molecule has 1 unspecified atom stereocenters. The summed E-state index contributed by atoms with van der Waals surface area (Å²) < 4.78 is 32.2. The first-order chi connectivity index (χ1) is 7.94. The molecule has 2 rings (SSSR count). The van der Waals surface area contributed by atoms with Crippen LogP contribution in [-0.4, -0.2) is 56.4 Å². The van der Waals surface area contributed by atoms with E-state index < -0.39 is 15.6 Å². The van der Waals surface area contributed by atoms with E-state index in [9.17, 15) is 8.42 Å². The summed E-state index contributed by atoms with van der Waals surface area (Å²) in [5.74, 6) is 0. The van der Waals surface area contributed by atoms with E-state index in [-0.39, 0.29) is 5.25 Å². The summed E-state index contributed by atoms with van der Waals surface area (Å²) in [6, 6.07) is 0. The van der Waals surface area contributed by atoms with Crippen LogP contribution < -0.4 is 5.32 Å². The van der Waals surface area contributed by atoms with Crippen molar-refractivity contribution in [1.82, 2.24) is 9.62 Å². The molecule has 0 aromatic carbocycles. The van der Waals surface area contributed by atoms with E-state index in [2.05, 4.69) is 5.32 Å². The van der Waals surface area contributed by atoms with E-state index in [4.69, 9.17) is 4.74 Å². The number of ether oxygens (including phenoxy) is 1. The molecular weight excluding hydrogens is 240 g/mol. The monoisotopic (exact) mass is 262 g/mol. The molecule has 0 aromatic heterocycles. The molecule has 100 valence electrons. The second kappa shape index (κ2) is 4.84. The van der Waals surface area contributed by atoms with Crippen molar-refractivity contribution in [2.45, 2.75) is 37.5 Å². The zero-order valence-electron chi connectivity index (χ0n) is 10.6. The van der Waals surface area contributed by atoms with Gasteiger partial charge in [-0.05, 0) is 33.2 Å². The topological polar surface area (TPSA) is 58.6 Å². The molecule has 6 heteroatoms. The summed E-state index contributed by atoms with van der Waals surface area (Å²) in [5.41, 5.74) is -0.422. The number of sulfonamides is 1. The molecule has 0 amide bonds. The number of nitrogens with one attached hydrogen (secondary N) is 1. The van der Waals surface area contributed by atoms with Crippen molar-refractivity contribution < 1.29 is 13.2 Å². The van der Waals surface area contributed by atoms with Gasteiger partial charge in [0.15, 0.2) is 0 Å². The van der Waals surface area contributed by atoms with Crippen LogP contribution in [0.2, 0.25) is 0 Å². The summed E-state index contributed by atoms with van der Waals surface area (Å²) in [6.07, 6.45) is 1.71. The minimum Gasteiger partial charge on any atom is -0.378 e. The van der Waals surface area contributed by atoms with Gasteiger partial charge >= 0.3 is 0 Å². The average Bonchev–Trinajstić information content (AvgIpc) is 2.29. The molecular formula is C11H22N2O3S. The Kier molecular flexibility index (Phi) is 3.77. The molecule has 2 aliphatic heterocycles. The normalized spacial score (nSPS) is 31.3. The smallest absolute Gasteiger partial charge is 0.218 e. The van der Waals surface area contributed by atoms with E-state index in [1.165, 1.54) is 0 Å². The molecule has 2 fully saturated rings. The number of rotatable bonds is 2. The SMILES string of the molecule is CC1(C)COCCN1S(=O)(=O)C1CCCNC1. The van der Waals surface area contributed by atoms with Crippen molar-refractivity contribution in [2.24, 2.45) is 0 Å². The van der Waals surface area contributed by atoms with Crippen LogP contribution in [0, 0.1) is 0 Å². The molecule has 2 heterocycles. The Morgan fingerprint density at radius 2 is 2.18 bits per heavy atom. The van der Waals surface area contributed by atoms with E-state index in [1.54, 1.807) is 4.31 Å². The Morgan fingerprint density at radius 1 is 1.41 bits per heavy atom. The Morgan fingerprint density at radius 3 is 2.76 bits per heavy atom. The van der Waals surface area contributed by atoms with Crippen molar-refractivity contribution in [3.8, 4) is 0 Å². The Bertz CT molecular complexity index is 361. The molecule has 1 atom stereocenters. The highest BCUT2D eigenvalue weighted by atomic mass is 32.2. The molecule has 0 bridgehead atoms. The molecule has 2 aliphatic rings. The largest absolute Gasteiger partial charge is 0.378 e. The molecule has 0 aromatic rings. The fraction of sp³-hybridized carbons (Fsp3) is 1.00. The predicted octanol–water partition coefficient (Wildman–Crippen LogP) is 0.179. The number of hydrogen-bond donors (Lipinski definition) is 1. The van der Waals surface area contributed by atoms with Gasteiger partial charge in [0.25, 0.3) is 0 Å². The maximum Gasteiger partial charge on any atom is 0.218 e.